The molecule has 0 saturated carbocycles. The fourth-order valence-electron chi connectivity index (χ4n) is 1.68. The van der Waals surface area contributed by atoms with Crippen molar-refractivity contribution in [2.24, 2.45) is 5.41 Å². The number of aromatic nitrogens is 2. The normalized spacial score (nSPS) is 11.9. The smallest absolute Gasteiger partial charge is 0.309 e. The van der Waals surface area contributed by atoms with Gasteiger partial charge in [-0.05, 0) is 44.9 Å². The third kappa shape index (κ3) is 3.29. The molecule has 19 heavy (non-hydrogen) atoms. The Morgan fingerprint density at radius 1 is 1.47 bits per heavy atom. The maximum atomic E-state index is 11.0. The highest BCUT2D eigenvalue weighted by Gasteiger charge is 2.26. The van der Waals surface area contributed by atoms with Gasteiger partial charge >= 0.3 is 5.97 Å². The van der Waals surface area contributed by atoms with E-state index in [9.17, 15) is 4.79 Å². The topological polar surface area (TPSA) is 66.0 Å². The first-order valence-corrected chi connectivity index (χ1v) is 7.19. The number of carboxylic acid groups (broad SMARTS) is 1. The van der Waals surface area contributed by atoms with E-state index < -0.39 is 11.4 Å². The van der Waals surface area contributed by atoms with Crippen LogP contribution in [0.5, 0.6) is 0 Å². The monoisotopic (exact) mass is 278 g/mol. The fourth-order valence-corrected chi connectivity index (χ4v) is 2.83. The molecule has 0 spiro atoms. The van der Waals surface area contributed by atoms with E-state index in [-0.39, 0.29) is 0 Å². The zero-order valence-electron chi connectivity index (χ0n) is 11.4. The second kappa shape index (κ2) is 5.25. The average Bonchev–Trinajstić information content (AvgIpc) is 2.70. The first kappa shape index (κ1) is 13.9. The van der Waals surface area contributed by atoms with Crippen LogP contribution in [0.25, 0.3) is 11.0 Å². The molecule has 0 saturated heterocycles. The molecule has 2 aromatic rings. The van der Waals surface area contributed by atoms with E-state index >= 15 is 0 Å². The molecule has 0 unspecified atom stereocenters. The summed E-state index contributed by atoms with van der Waals surface area (Å²) in [5.74, 6) is -0.0219. The Bertz CT molecular complexity index is 605. The van der Waals surface area contributed by atoms with E-state index in [2.05, 4.69) is 16.0 Å². The molecule has 0 aliphatic rings. The Balaban J connectivity index is 2.00. The van der Waals surface area contributed by atoms with Crippen molar-refractivity contribution in [2.45, 2.75) is 32.3 Å². The van der Waals surface area contributed by atoms with E-state index in [1.165, 1.54) is 5.56 Å². The van der Waals surface area contributed by atoms with Crippen molar-refractivity contribution in [3.8, 4) is 0 Å². The summed E-state index contributed by atoms with van der Waals surface area (Å²) in [6.45, 7) is 5.54. The molecule has 2 rings (SSSR count). The number of H-pyrrole nitrogens is 1. The summed E-state index contributed by atoms with van der Waals surface area (Å²) in [7, 11) is 0. The van der Waals surface area contributed by atoms with Crippen molar-refractivity contribution in [3.63, 3.8) is 0 Å². The molecule has 1 aromatic carbocycles. The summed E-state index contributed by atoms with van der Waals surface area (Å²) in [6, 6.07) is 6.09. The lowest BCUT2D eigenvalue weighted by molar-refractivity contribution is -0.146. The predicted octanol–water partition coefficient (Wildman–Crippen LogP) is 3.46. The molecular formula is C14H18N2O2S. The number of aryl methyl sites for hydroxylation is 1. The largest absolute Gasteiger partial charge is 0.481 e. The molecule has 2 N–H and O–H groups in total. The highest BCUT2D eigenvalue weighted by atomic mass is 32.2. The van der Waals surface area contributed by atoms with Crippen LogP contribution in [-0.2, 0) is 4.79 Å². The summed E-state index contributed by atoms with van der Waals surface area (Å²) in [6.07, 6.45) is 0.614. The van der Waals surface area contributed by atoms with Crippen LogP contribution in [0.15, 0.2) is 23.4 Å². The van der Waals surface area contributed by atoms with E-state index in [4.69, 9.17) is 5.11 Å². The van der Waals surface area contributed by atoms with Gasteiger partial charge in [0.15, 0.2) is 5.16 Å². The molecule has 0 aliphatic carbocycles. The van der Waals surface area contributed by atoms with Gasteiger partial charge in [0, 0.05) is 5.75 Å². The van der Waals surface area contributed by atoms with Crippen LogP contribution in [0.1, 0.15) is 25.8 Å². The molecule has 0 atom stereocenters. The number of fused-ring (bicyclic) bond motifs is 1. The van der Waals surface area contributed by atoms with Crippen molar-refractivity contribution in [3.05, 3.63) is 23.8 Å². The zero-order valence-corrected chi connectivity index (χ0v) is 12.2. The van der Waals surface area contributed by atoms with E-state index in [0.29, 0.717) is 6.42 Å². The number of benzene rings is 1. The molecule has 0 radical (unpaired) electrons. The molecular weight excluding hydrogens is 260 g/mol. The first-order valence-electron chi connectivity index (χ1n) is 6.21. The van der Waals surface area contributed by atoms with Gasteiger partial charge < -0.3 is 10.1 Å². The van der Waals surface area contributed by atoms with E-state index in [1.807, 2.05) is 19.1 Å². The van der Waals surface area contributed by atoms with Gasteiger partial charge in [-0.2, -0.15) is 0 Å². The summed E-state index contributed by atoms with van der Waals surface area (Å²) in [4.78, 5) is 18.7. The number of hydrogen-bond acceptors (Lipinski definition) is 3. The van der Waals surface area contributed by atoms with E-state index in [0.717, 1.165) is 21.9 Å². The minimum atomic E-state index is -0.756. The van der Waals surface area contributed by atoms with Gasteiger partial charge in [0.25, 0.3) is 0 Å². The fraction of sp³-hybridized carbons (Fsp3) is 0.429. The lowest BCUT2D eigenvalue weighted by atomic mass is 9.91. The molecule has 0 bridgehead atoms. The molecule has 5 heteroatoms. The molecule has 0 fully saturated rings. The van der Waals surface area contributed by atoms with Crippen molar-refractivity contribution >= 4 is 28.8 Å². The number of imidazole rings is 1. The standard InChI is InChI=1S/C14H18N2O2S/c1-9-4-5-10-11(8-9)16-13(15-10)19-7-6-14(2,3)12(17)18/h4-5,8H,6-7H2,1-3H3,(H,15,16)(H,17,18). The van der Waals surface area contributed by atoms with Crippen LogP contribution < -0.4 is 0 Å². The van der Waals surface area contributed by atoms with Gasteiger partial charge in [-0.3, -0.25) is 4.79 Å². The number of carbonyl (C=O) groups is 1. The summed E-state index contributed by atoms with van der Waals surface area (Å²) >= 11 is 1.57. The SMILES string of the molecule is Cc1ccc2nc(SCCC(C)(C)C(=O)O)[nH]c2c1. The first-order chi connectivity index (χ1) is 8.88. The van der Waals surface area contributed by atoms with E-state index in [1.54, 1.807) is 25.6 Å². The maximum Gasteiger partial charge on any atom is 0.309 e. The third-order valence-electron chi connectivity index (χ3n) is 3.16. The molecule has 0 amide bonds. The number of aliphatic carboxylic acids is 1. The van der Waals surface area contributed by atoms with Crippen molar-refractivity contribution in [1.82, 2.24) is 9.97 Å². The summed E-state index contributed by atoms with van der Waals surface area (Å²) in [5.41, 5.74) is 2.49. The lowest BCUT2D eigenvalue weighted by Gasteiger charge is -2.17. The van der Waals surface area contributed by atoms with Gasteiger partial charge in [-0.25, -0.2) is 4.98 Å². The Labute approximate surface area is 116 Å². The minimum Gasteiger partial charge on any atom is -0.481 e. The van der Waals surface area contributed by atoms with Crippen LogP contribution in [0.4, 0.5) is 0 Å². The van der Waals surface area contributed by atoms with Crippen LogP contribution in [0.3, 0.4) is 0 Å². The Morgan fingerprint density at radius 2 is 2.21 bits per heavy atom. The number of nitrogens with one attached hydrogen (secondary N) is 1. The molecule has 1 aromatic heterocycles. The molecule has 1 heterocycles. The Hall–Kier alpha value is -1.49. The summed E-state index contributed by atoms with van der Waals surface area (Å²) in [5, 5.41) is 9.90. The molecule has 4 nitrogen and oxygen atoms in total. The van der Waals surface area contributed by atoms with Crippen molar-refractivity contribution in [2.75, 3.05) is 5.75 Å². The summed E-state index contributed by atoms with van der Waals surface area (Å²) < 4.78 is 0. The van der Waals surface area contributed by atoms with Gasteiger partial charge in [0.2, 0.25) is 0 Å². The van der Waals surface area contributed by atoms with Crippen LogP contribution in [0.2, 0.25) is 0 Å². The number of rotatable bonds is 5. The average molecular weight is 278 g/mol. The minimum absolute atomic E-state index is 0.614. The van der Waals surface area contributed by atoms with Crippen LogP contribution >= 0.6 is 11.8 Å². The zero-order chi connectivity index (χ0) is 14.0. The van der Waals surface area contributed by atoms with Crippen molar-refractivity contribution in [1.29, 1.82) is 0 Å². The second-order valence-electron chi connectivity index (χ2n) is 5.35. The van der Waals surface area contributed by atoms with Gasteiger partial charge in [-0.15, -0.1) is 0 Å². The number of thioether (sulfide) groups is 1. The van der Waals surface area contributed by atoms with Gasteiger partial charge in [0.1, 0.15) is 0 Å². The van der Waals surface area contributed by atoms with Gasteiger partial charge in [0.05, 0.1) is 16.4 Å². The Kier molecular flexibility index (Phi) is 3.85. The molecule has 102 valence electrons. The number of aromatic amines is 1. The highest BCUT2D eigenvalue weighted by Crippen LogP contribution is 2.26. The van der Waals surface area contributed by atoms with Crippen molar-refractivity contribution < 1.29 is 9.90 Å². The number of hydrogen-bond donors (Lipinski definition) is 2. The lowest BCUT2D eigenvalue weighted by Crippen LogP contribution is -2.24. The number of nitrogens with zero attached hydrogens (tertiary/aromatic N) is 1. The van der Waals surface area contributed by atoms with Crippen LogP contribution in [0, 0.1) is 12.3 Å². The van der Waals surface area contributed by atoms with Crippen LogP contribution in [-0.4, -0.2) is 26.8 Å². The number of carboxylic acids is 1. The quantitative estimate of drug-likeness (QED) is 0.822. The maximum absolute atomic E-state index is 11.0. The predicted molar refractivity (Wildman–Crippen MR) is 77.6 cm³/mol. The second-order valence-corrected chi connectivity index (χ2v) is 6.43. The van der Waals surface area contributed by atoms with Gasteiger partial charge in [-0.1, -0.05) is 17.8 Å². The highest BCUT2D eigenvalue weighted by molar-refractivity contribution is 7.99. The Morgan fingerprint density at radius 3 is 2.89 bits per heavy atom. The third-order valence-corrected chi connectivity index (χ3v) is 4.04. The molecule has 0 aliphatic heterocycles.